The summed E-state index contributed by atoms with van der Waals surface area (Å²) in [5.41, 5.74) is 13.4. The highest BCUT2D eigenvalue weighted by atomic mass is 16.2. The summed E-state index contributed by atoms with van der Waals surface area (Å²) < 4.78 is 0. The lowest BCUT2D eigenvalue weighted by Crippen LogP contribution is -2.24. The molecule has 8 heteroatoms. The maximum atomic E-state index is 12.2. The molecule has 0 saturated carbocycles. The Hall–Kier alpha value is -3.10. The van der Waals surface area contributed by atoms with Gasteiger partial charge in [-0.3, -0.25) is 9.59 Å². The number of unbranched alkanes of at least 4 members (excludes halogenated alkanes) is 6. The number of rotatable bonds is 16. The van der Waals surface area contributed by atoms with E-state index in [-0.39, 0.29) is 11.8 Å². The molecule has 0 fully saturated rings. The van der Waals surface area contributed by atoms with Crippen molar-refractivity contribution in [1.29, 1.82) is 0 Å². The van der Waals surface area contributed by atoms with Crippen molar-refractivity contribution in [2.45, 2.75) is 51.4 Å². The van der Waals surface area contributed by atoms with Gasteiger partial charge < -0.3 is 22.1 Å². The van der Waals surface area contributed by atoms with E-state index in [1.165, 1.54) is 0 Å². The molecule has 0 aliphatic heterocycles. The van der Waals surface area contributed by atoms with Crippen LogP contribution in [0.1, 0.15) is 72.1 Å². The van der Waals surface area contributed by atoms with E-state index in [1.807, 2.05) is 0 Å². The van der Waals surface area contributed by atoms with E-state index in [1.54, 1.807) is 48.5 Å². The number of hydrogen-bond donors (Lipinski definition) is 4. The zero-order chi connectivity index (χ0) is 24.4. The maximum absolute atomic E-state index is 12.2. The molecule has 0 saturated heterocycles. The Morgan fingerprint density at radius 1 is 0.559 bits per heavy atom. The zero-order valence-electron chi connectivity index (χ0n) is 20.0. The fourth-order valence-electron chi connectivity index (χ4n) is 3.33. The third-order valence-corrected chi connectivity index (χ3v) is 5.37. The molecule has 0 aliphatic rings. The summed E-state index contributed by atoms with van der Waals surface area (Å²) in [7, 11) is 0. The molecule has 184 valence electrons. The molecule has 34 heavy (non-hydrogen) atoms. The van der Waals surface area contributed by atoms with Crippen LogP contribution in [0.2, 0.25) is 0 Å². The van der Waals surface area contributed by atoms with Crippen LogP contribution in [0.15, 0.2) is 58.8 Å². The van der Waals surface area contributed by atoms with Crippen molar-refractivity contribution in [3.63, 3.8) is 0 Å². The van der Waals surface area contributed by atoms with Gasteiger partial charge in [0.2, 0.25) is 0 Å². The summed E-state index contributed by atoms with van der Waals surface area (Å²) in [6, 6.07) is 14.0. The van der Waals surface area contributed by atoms with E-state index in [0.29, 0.717) is 35.6 Å². The number of nitrogens with zero attached hydrogens (tertiary/aromatic N) is 2. The minimum Gasteiger partial charge on any atom is -0.352 e. The van der Waals surface area contributed by atoms with Gasteiger partial charge in [-0.25, -0.2) is 0 Å². The Kier molecular flexibility index (Phi) is 13.2. The van der Waals surface area contributed by atoms with E-state index in [4.69, 9.17) is 11.5 Å². The highest BCUT2D eigenvalue weighted by Crippen LogP contribution is 2.19. The summed E-state index contributed by atoms with van der Waals surface area (Å²) >= 11 is 0. The molecule has 2 amide bonds. The van der Waals surface area contributed by atoms with Crippen LogP contribution in [0.25, 0.3) is 0 Å². The second kappa shape index (κ2) is 16.5. The lowest BCUT2D eigenvalue weighted by Gasteiger charge is -2.05. The van der Waals surface area contributed by atoms with Gasteiger partial charge in [-0.2, -0.15) is 10.2 Å². The predicted octanol–water partition coefficient (Wildman–Crippen LogP) is 4.60. The first-order chi connectivity index (χ1) is 16.6. The largest absolute Gasteiger partial charge is 0.352 e. The van der Waals surface area contributed by atoms with Crippen LogP contribution in [0, 0.1) is 0 Å². The van der Waals surface area contributed by atoms with Crippen molar-refractivity contribution in [3.8, 4) is 0 Å². The first kappa shape index (κ1) is 27.1. The van der Waals surface area contributed by atoms with Crippen molar-refractivity contribution in [1.82, 2.24) is 10.6 Å². The quantitative estimate of drug-likeness (QED) is 0.212. The van der Waals surface area contributed by atoms with Crippen molar-refractivity contribution >= 4 is 23.2 Å². The van der Waals surface area contributed by atoms with Crippen LogP contribution >= 0.6 is 0 Å². The second-order valence-electron chi connectivity index (χ2n) is 8.21. The van der Waals surface area contributed by atoms with Crippen LogP contribution in [-0.4, -0.2) is 38.0 Å². The number of azo groups is 1. The van der Waals surface area contributed by atoms with Gasteiger partial charge in [-0.15, -0.1) is 0 Å². The van der Waals surface area contributed by atoms with E-state index in [9.17, 15) is 9.59 Å². The highest BCUT2D eigenvalue weighted by molar-refractivity contribution is 5.94. The normalized spacial score (nSPS) is 11.0. The summed E-state index contributed by atoms with van der Waals surface area (Å²) in [6.45, 7) is 2.76. The Morgan fingerprint density at radius 2 is 0.912 bits per heavy atom. The minimum absolute atomic E-state index is 0.0910. The van der Waals surface area contributed by atoms with Gasteiger partial charge >= 0.3 is 0 Å². The third-order valence-electron chi connectivity index (χ3n) is 5.37. The topological polar surface area (TPSA) is 135 Å². The standard InChI is InChI=1S/C26H38N6O2/c27-17-5-1-3-7-19-29-25(33)21-9-13-23(14-10-21)31-32-24-15-11-22(12-16-24)26(34)30-20-8-4-2-6-18-28/h9-16H,1-8,17-20,27-28H2,(H,29,33)(H,30,34). The average Bonchev–Trinajstić information content (AvgIpc) is 2.87. The second-order valence-corrected chi connectivity index (χ2v) is 8.21. The molecule has 8 nitrogen and oxygen atoms in total. The Labute approximate surface area is 202 Å². The number of carbonyl (C=O) groups is 2. The Morgan fingerprint density at radius 3 is 1.26 bits per heavy atom. The first-order valence-electron chi connectivity index (χ1n) is 12.2. The van der Waals surface area contributed by atoms with Crippen molar-refractivity contribution in [2.75, 3.05) is 26.2 Å². The van der Waals surface area contributed by atoms with E-state index < -0.39 is 0 Å². The molecule has 0 heterocycles. The average molecular weight is 467 g/mol. The van der Waals surface area contributed by atoms with E-state index in [2.05, 4.69) is 20.9 Å². The van der Waals surface area contributed by atoms with Gasteiger partial charge in [0.25, 0.3) is 11.8 Å². The molecule has 2 aromatic rings. The third kappa shape index (κ3) is 10.7. The summed E-state index contributed by atoms with van der Waals surface area (Å²) in [5, 5.41) is 14.3. The summed E-state index contributed by atoms with van der Waals surface area (Å²) in [6.07, 6.45) is 8.28. The molecule has 2 rings (SSSR count). The summed E-state index contributed by atoms with van der Waals surface area (Å²) in [5.74, 6) is -0.182. The molecule has 6 N–H and O–H groups in total. The van der Waals surface area contributed by atoms with Crippen LogP contribution in [-0.2, 0) is 0 Å². The fraction of sp³-hybridized carbons (Fsp3) is 0.462. The van der Waals surface area contributed by atoms with Gasteiger partial charge in [0.05, 0.1) is 11.4 Å². The first-order valence-corrected chi connectivity index (χ1v) is 12.2. The molecule has 0 spiro atoms. The van der Waals surface area contributed by atoms with E-state index >= 15 is 0 Å². The van der Waals surface area contributed by atoms with Crippen molar-refractivity contribution < 1.29 is 9.59 Å². The smallest absolute Gasteiger partial charge is 0.251 e. The molecular weight excluding hydrogens is 428 g/mol. The molecule has 2 aromatic carbocycles. The lowest BCUT2D eigenvalue weighted by atomic mass is 10.1. The van der Waals surface area contributed by atoms with Crippen LogP contribution in [0.3, 0.4) is 0 Å². The SMILES string of the molecule is NCCCCCCNC(=O)c1ccc(N=Nc2ccc(C(=O)NCCCCCCN)cc2)cc1. The number of hydrogen-bond acceptors (Lipinski definition) is 6. The molecule has 0 bridgehead atoms. The van der Waals surface area contributed by atoms with Gasteiger partial charge in [0.15, 0.2) is 0 Å². The van der Waals surface area contributed by atoms with Gasteiger partial charge in [-0.05, 0) is 87.3 Å². The van der Waals surface area contributed by atoms with Crippen LogP contribution in [0.5, 0.6) is 0 Å². The Bertz CT molecular complexity index is 808. The van der Waals surface area contributed by atoms with Crippen LogP contribution in [0.4, 0.5) is 11.4 Å². The highest BCUT2D eigenvalue weighted by Gasteiger charge is 2.06. The number of benzene rings is 2. The molecule has 0 aliphatic carbocycles. The van der Waals surface area contributed by atoms with Gasteiger partial charge in [0, 0.05) is 24.2 Å². The molecular formula is C26H38N6O2. The Balaban J connectivity index is 1.75. The number of nitrogens with two attached hydrogens (primary N) is 2. The molecule has 0 atom stereocenters. The summed E-state index contributed by atoms with van der Waals surface area (Å²) in [4.78, 5) is 24.4. The number of carbonyl (C=O) groups excluding carboxylic acids is 2. The lowest BCUT2D eigenvalue weighted by molar-refractivity contribution is 0.0944. The maximum Gasteiger partial charge on any atom is 0.251 e. The number of amides is 2. The molecule has 0 aromatic heterocycles. The van der Waals surface area contributed by atoms with Gasteiger partial charge in [0.1, 0.15) is 0 Å². The molecule has 0 radical (unpaired) electrons. The fourth-order valence-corrected chi connectivity index (χ4v) is 3.33. The van der Waals surface area contributed by atoms with Gasteiger partial charge in [-0.1, -0.05) is 25.7 Å². The monoisotopic (exact) mass is 466 g/mol. The molecule has 0 unspecified atom stereocenters. The number of nitrogens with one attached hydrogen (secondary N) is 2. The van der Waals surface area contributed by atoms with Crippen molar-refractivity contribution in [2.24, 2.45) is 21.7 Å². The van der Waals surface area contributed by atoms with Crippen LogP contribution < -0.4 is 22.1 Å². The van der Waals surface area contributed by atoms with Crippen molar-refractivity contribution in [3.05, 3.63) is 59.7 Å². The minimum atomic E-state index is -0.0910. The van der Waals surface area contributed by atoms with E-state index in [0.717, 1.165) is 64.5 Å². The zero-order valence-corrected chi connectivity index (χ0v) is 20.0. The predicted molar refractivity (Wildman–Crippen MR) is 137 cm³/mol.